The third-order valence-corrected chi connectivity index (χ3v) is 6.89. The molecule has 1 saturated heterocycles. The van der Waals surface area contributed by atoms with E-state index in [0.29, 0.717) is 5.95 Å². The zero-order valence-corrected chi connectivity index (χ0v) is 19.2. The Morgan fingerprint density at radius 3 is 2.66 bits per heavy atom. The molecular weight excluding hydrogens is 416 g/mol. The van der Waals surface area contributed by atoms with Crippen LogP contribution in [-0.4, -0.2) is 41.1 Å². The van der Waals surface area contributed by atoms with Crippen molar-refractivity contribution in [1.29, 1.82) is 0 Å². The summed E-state index contributed by atoms with van der Waals surface area (Å²) in [6.45, 7) is 6.32. The fourth-order valence-electron chi connectivity index (χ4n) is 4.23. The van der Waals surface area contributed by atoms with Crippen molar-refractivity contribution in [3.8, 4) is 16.9 Å². The second-order valence-corrected chi connectivity index (χ2v) is 9.02. The highest BCUT2D eigenvalue weighted by Gasteiger charge is 2.13. The van der Waals surface area contributed by atoms with Gasteiger partial charge in [-0.2, -0.15) is 0 Å². The van der Waals surface area contributed by atoms with Gasteiger partial charge in [-0.3, -0.25) is 4.90 Å². The minimum Gasteiger partial charge on any atom is -0.492 e. The van der Waals surface area contributed by atoms with Crippen LogP contribution >= 0.6 is 11.3 Å². The maximum atomic E-state index is 5.91. The van der Waals surface area contributed by atoms with E-state index in [2.05, 4.69) is 51.8 Å². The summed E-state index contributed by atoms with van der Waals surface area (Å²) in [6.07, 6.45) is 5.53. The van der Waals surface area contributed by atoms with E-state index in [0.717, 1.165) is 41.2 Å². The van der Waals surface area contributed by atoms with Crippen molar-refractivity contribution in [2.45, 2.75) is 26.2 Å². The number of ether oxygens (including phenoxy) is 1. The van der Waals surface area contributed by atoms with Gasteiger partial charge in [0.2, 0.25) is 5.95 Å². The molecule has 0 atom stereocenters. The molecule has 5 rings (SSSR count). The van der Waals surface area contributed by atoms with Crippen LogP contribution in [0, 0.1) is 0 Å². The van der Waals surface area contributed by atoms with E-state index in [4.69, 9.17) is 9.72 Å². The Bertz CT molecular complexity index is 1180. The van der Waals surface area contributed by atoms with E-state index in [9.17, 15) is 0 Å². The molecule has 0 unspecified atom stereocenters. The summed E-state index contributed by atoms with van der Waals surface area (Å²) in [7, 11) is 0. The number of fused-ring (bicyclic) bond motifs is 1. The van der Waals surface area contributed by atoms with Crippen molar-refractivity contribution >= 4 is 33.2 Å². The molecule has 1 N–H and O–H groups in total. The molecular formula is C26H28N4OS. The third kappa shape index (κ3) is 4.61. The summed E-state index contributed by atoms with van der Waals surface area (Å²) in [5.74, 6) is 1.50. The minimum atomic E-state index is 0.605. The first-order chi connectivity index (χ1) is 15.8. The van der Waals surface area contributed by atoms with Gasteiger partial charge in [-0.15, -0.1) is 11.3 Å². The van der Waals surface area contributed by atoms with Gasteiger partial charge in [-0.1, -0.05) is 31.2 Å². The van der Waals surface area contributed by atoms with Gasteiger partial charge in [0, 0.05) is 23.2 Å². The second kappa shape index (κ2) is 9.67. The molecule has 4 aromatic rings. The number of benzene rings is 2. The lowest BCUT2D eigenvalue weighted by Crippen LogP contribution is -2.25. The Labute approximate surface area is 193 Å². The largest absolute Gasteiger partial charge is 0.492 e. The number of nitrogens with zero attached hydrogens (tertiary/aromatic N) is 3. The Hall–Kier alpha value is -2.96. The lowest BCUT2D eigenvalue weighted by Gasteiger charge is -2.15. The number of aryl methyl sites for hydroxylation is 1. The Kier molecular flexibility index (Phi) is 6.32. The predicted molar refractivity (Wildman–Crippen MR) is 133 cm³/mol. The summed E-state index contributed by atoms with van der Waals surface area (Å²) >= 11 is 1.69. The molecule has 0 spiro atoms. The van der Waals surface area contributed by atoms with Gasteiger partial charge < -0.3 is 10.1 Å². The van der Waals surface area contributed by atoms with E-state index in [1.54, 1.807) is 11.3 Å². The van der Waals surface area contributed by atoms with Gasteiger partial charge in [0.15, 0.2) is 0 Å². The summed E-state index contributed by atoms with van der Waals surface area (Å²) in [4.78, 5) is 11.8. The molecule has 0 bridgehead atoms. The van der Waals surface area contributed by atoms with Gasteiger partial charge in [-0.05, 0) is 67.7 Å². The number of aromatic nitrogens is 2. The summed E-state index contributed by atoms with van der Waals surface area (Å²) in [5, 5.41) is 5.53. The first-order valence-corrected chi connectivity index (χ1v) is 12.2. The molecule has 0 saturated carbocycles. The van der Waals surface area contributed by atoms with Crippen molar-refractivity contribution in [3.05, 3.63) is 65.7 Å². The fourth-order valence-corrected chi connectivity index (χ4v) is 5.10. The van der Waals surface area contributed by atoms with E-state index in [1.165, 1.54) is 42.6 Å². The van der Waals surface area contributed by atoms with Gasteiger partial charge in [0.25, 0.3) is 0 Å². The highest BCUT2D eigenvalue weighted by atomic mass is 32.1. The molecule has 1 aliphatic rings. The van der Waals surface area contributed by atoms with Crippen molar-refractivity contribution in [2.75, 3.05) is 31.6 Å². The quantitative estimate of drug-likeness (QED) is 0.354. The highest BCUT2D eigenvalue weighted by Crippen LogP contribution is 2.35. The van der Waals surface area contributed by atoms with E-state index < -0.39 is 0 Å². The topological polar surface area (TPSA) is 50.3 Å². The van der Waals surface area contributed by atoms with Crippen molar-refractivity contribution in [3.63, 3.8) is 0 Å². The van der Waals surface area contributed by atoms with E-state index in [-0.39, 0.29) is 0 Å². The van der Waals surface area contributed by atoms with Crippen LogP contribution in [0.1, 0.15) is 25.3 Å². The van der Waals surface area contributed by atoms with Gasteiger partial charge in [-0.25, -0.2) is 9.97 Å². The van der Waals surface area contributed by atoms with Crippen LogP contribution in [0.15, 0.2) is 60.1 Å². The molecule has 2 aromatic carbocycles. The lowest BCUT2D eigenvalue weighted by molar-refractivity contribution is 0.238. The second-order valence-electron chi connectivity index (χ2n) is 8.11. The van der Waals surface area contributed by atoms with Crippen molar-refractivity contribution < 1.29 is 4.74 Å². The summed E-state index contributed by atoms with van der Waals surface area (Å²) in [6, 6.07) is 16.6. The molecule has 0 aliphatic carbocycles. The molecule has 32 heavy (non-hydrogen) atoms. The number of hydrogen-bond donors (Lipinski definition) is 1. The first-order valence-electron chi connectivity index (χ1n) is 11.3. The molecule has 164 valence electrons. The molecule has 0 radical (unpaired) electrons. The van der Waals surface area contributed by atoms with Crippen LogP contribution in [0.4, 0.5) is 11.6 Å². The lowest BCUT2D eigenvalue weighted by atomic mass is 10.00. The van der Waals surface area contributed by atoms with Crippen LogP contribution in [0.2, 0.25) is 0 Å². The Balaban J connectivity index is 1.29. The minimum absolute atomic E-state index is 0.605. The number of anilines is 2. The zero-order chi connectivity index (χ0) is 21.8. The van der Waals surface area contributed by atoms with Crippen LogP contribution in [0.3, 0.4) is 0 Å². The van der Waals surface area contributed by atoms with Crippen molar-refractivity contribution in [2.24, 2.45) is 0 Å². The molecule has 1 aliphatic heterocycles. The normalized spacial score (nSPS) is 14.2. The van der Waals surface area contributed by atoms with Crippen molar-refractivity contribution in [1.82, 2.24) is 14.9 Å². The van der Waals surface area contributed by atoms with Gasteiger partial charge in [0.1, 0.15) is 12.4 Å². The maximum Gasteiger partial charge on any atom is 0.227 e. The Morgan fingerprint density at radius 1 is 1.03 bits per heavy atom. The van der Waals surface area contributed by atoms with Crippen LogP contribution in [-0.2, 0) is 6.42 Å². The maximum absolute atomic E-state index is 5.91. The third-order valence-electron chi connectivity index (χ3n) is 5.99. The predicted octanol–water partition coefficient (Wildman–Crippen LogP) is 6.14. The summed E-state index contributed by atoms with van der Waals surface area (Å²) < 4.78 is 7.00. The van der Waals surface area contributed by atoms with Crippen LogP contribution in [0.5, 0.6) is 5.75 Å². The number of likely N-dealkylation sites (tertiary alicyclic amines) is 1. The molecule has 1 fully saturated rings. The number of hydrogen-bond acceptors (Lipinski definition) is 6. The summed E-state index contributed by atoms with van der Waals surface area (Å²) in [5.41, 5.74) is 5.70. The Morgan fingerprint density at radius 2 is 1.84 bits per heavy atom. The SMILES string of the molecule is CCc1ccccc1-c1csc2cnc(Nc3ccc(OCCN4CCCC4)cc3)nc12. The van der Waals surface area contributed by atoms with E-state index in [1.807, 2.05) is 30.5 Å². The monoisotopic (exact) mass is 444 g/mol. The average molecular weight is 445 g/mol. The average Bonchev–Trinajstić information content (AvgIpc) is 3.50. The van der Waals surface area contributed by atoms with Crippen LogP contribution in [0.25, 0.3) is 21.3 Å². The first kappa shape index (κ1) is 20.9. The standard InChI is InChI=1S/C26H28N4OS/c1-2-19-7-3-4-8-22(19)23-18-32-24-17-27-26(29-25(23)24)28-20-9-11-21(12-10-20)31-16-15-30-13-5-6-14-30/h3-4,7-12,17-18H,2,5-6,13-16H2,1H3,(H,27,28,29). The van der Waals surface area contributed by atoms with E-state index >= 15 is 0 Å². The molecule has 6 heteroatoms. The number of thiophene rings is 1. The zero-order valence-electron chi connectivity index (χ0n) is 18.4. The van der Waals surface area contributed by atoms with Gasteiger partial charge in [0.05, 0.1) is 16.4 Å². The highest BCUT2D eigenvalue weighted by molar-refractivity contribution is 7.17. The van der Waals surface area contributed by atoms with Gasteiger partial charge >= 0.3 is 0 Å². The number of nitrogens with one attached hydrogen (secondary N) is 1. The molecule has 5 nitrogen and oxygen atoms in total. The molecule has 0 amide bonds. The smallest absolute Gasteiger partial charge is 0.227 e. The van der Waals surface area contributed by atoms with Crippen LogP contribution < -0.4 is 10.1 Å². The number of rotatable bonds is 8. The fraction of sp³-hybridized carbons (Fsp3) is 0.308. The molecule has 2 aromatic heterocycles. The molecule has 3 heterocycles.